The average molecular weight is 323 g/mol. The van der Waals surface area contributed by atoms with Gasteiger partial charge in [0.15, 0.2) is 0 Å². The lowest BCUT2D eigenvalue weighted by atomic mass is 10.0. The van der Waals surface area contributed by atoms with E-state index in [0.29, 0.717) is 4.88 Å². The number of rotatable bonds is 4. The highest BCUT2D eigenvalue weighted by atomic mass is 32.1. The van der Waals surface area contributed by atoms with Gasteiger partial charge in [-0.1, -0.05) is 19.9 Å². The number of carbonyl (C=O) groups excluding carboxylic acids is 2. The molecule has 2 amide bonds. The number of nitrogens with zero attached hydrogens (tertiary/aromatic N) is 2. The number of hydrogen-bond donors (Lipinski definition) is 1. The van der Waals surface area contributed by atoms with Crippen molar-refractivity contribution in [2.75, 3.05) is 33.2 Å². The fourth-order valence-corrected chi connectivity index (χ4v) is 3.22. The van der Waals surface area contributed by atoms with Gasteiger partial charge >= 0.3 is 0 Å². The molecule has 1 fully saturated rings. The molecule has 0 aliphatic carbocycles. The molecule has 1 N–H and O–H groups in total. The Hall–Kier alpha value is -1.40. The fourth-order valence-electron chi connectivity index (χ4n) is 2.60. The maximum Gasteiger partial charge on any atom is 0.262 e. The summed E-state index contributed by atoms with van der Waals surface area (Å²) in [6, 6.07) is 3.16. The van der Waals surface area contributed by atoms with Crippen LogP contribution in [0.2, 0.25) is 0 Å². The van der Waals surface area contributed by atoms with Crippen molar-refractivity contribution in [1.82, 2.24) is 15.1 Å². The molecular weight excluding hydrogens is 298 g/mol. The van der Waals surface area contributed by atoms with Crippen LogP contribution < -0.4 is 5.32 Å². The first-order valence-corrected chi connectivity index (χ1v) is 8.68. The monoisotopic (exact) mass is 323 g/mol. The number of nitrogens with one attached hydrogen (secondary N) is 1. The van der Waals surface area contributed by atoms with E-state index in [9.17, 15) is 9.59 Å². The molecule has 0 aromatic carbocycles. The zero-order valence-corrected chi connectivity index (χ0v) is 14.4. The number of likely N-dealkylation sites (N-methyl/N-ethyl adjacent to an activating group) is 1. The summed E-state index contributed by atoms with van der Waals surface area (Å²) >= 11 is 1.39. The summed E-state index contributed by atoms with van der Waals surface area (Å²) in [5, 5.41) is 4.78. The topological polar surface area (TPSA) is 52.7 Å². The fraction of sp³-hybridized carbons (Fsp3) is 0.625. The van der Waals surface area contributed by atoms with Crippen LogP contribution >= 0.6 is 11.3 Å². The van der Waals surface area contributed by atoms with Gasteiger partial charge in [0.1, 0.15) is 6.04 Å². The van der Waals surface area contributed by atoms with Crippen molar-refractivity contribution >= 4 is 23.2 Å². The van der Waals surface area contributed by atoms with Gasteiger partial charge < -0.3 is 15.1 Å². The largest absolute Gasteiger partial charge is 0.340 e. The van der Waals surface area contributed by atoms with E-state index in [-0.39, 0.29) is 17.7 Å². The van der Waals surface area contributed by atoms with Crippen molar-refractivity contribution in [2.24, 2.45) is 5.92 Å². The second-order valence-electron chi connectivity index (χ2n) is 6.15. The number of carbonyl (C=O) groups is 2. The third kappa shape index (κ3) is 4.30. The first-order chi connectivity index (χ1) is 10.5. The van der Waals surface area contributed by atoms with Gasteiger partial charge in [-0.3, -0.25) is 9.59 Å². The molecule has 5 nitrogen and oxygen atoms in total. The zero-order chi connectivity index (χ0) is 16.1. The van der Waals surface area contributed by atoms with Gasteiger partial charge in [0.25, 0.3) is 5.91 Å². The molecule has 0 radical (unpaired) electrons. The minimum Gasteiger partial charge on any atom is -0.340 e. The predicted molar refractivity (Wildman–Crippen MR) is 89.1 cm³/mol. The van der Waals surface area contributed by atoms with E-state index < -0.39 is 6.04 Å². The molecule has 1 unspecified atom stereocenters. The van der Waals surface area contributed by atoms with Crippen LogP contribution in [0.1, 0.15) is 29.9 Å². The molecule has 1 atom stereocenters. The van der Waals surface area contributed by atoms with Crippen molar-refractivity contribution < 1.29 is 9.59 Å². The van der Waals surface area contributed by atoms with E-state index in [1.165, 1.54) is 11.3 Å². The summed E-state index contributed by atoms with van der Waals surface area (Å²) in [4.78, 5) is 29.8. The molecule has 0 saturated carbocycles. The van der Waals surface area contributed by atoms with Crippen molar-refractivity contribution in [2.45, 2.75) is 26.3 Å². The second kappa shape index (κ2) is 7.74. The highest BCUT2D eigenvalue weighted by Crippen LogP contribution is 2.13. The Morgan fingerprint density at radius 1 is 1.23 bits per heavy atom. The zero-order valence-electron chi connectivity index (χ0n) is 13.5. The highest BCUT2D eigenvalue weighted by Gasteiger charge is 2.29. The van der Waals surface area contributed by atoms with Crippen LogP contribution in [-0.2, 0) is 4.79 Å². The molecule has 1 aromatic rings. The molecule has 122 valence electrons. The van der Waals surface area contributed by atoms with Gasteiger partial charge in [-0.05, 0) is 37.4 Å². The third-order valence-electron chi connectivity index (χ3n) is 4.00. The van der Waals surface area contributed by atoms with Crippen molar-refractivity contribution in [3.8, 4) is 0 Å². The highest BCUT2D eigenvalue weighted by molar-refractivity contribution is 7.12. The minimum atomic E-state index is -0.460. The van der Waals surface area contributed by atoms with Crippen molar-refractivity contribution in [3.63, 3.8) is 0 Å². The Labute approximate surface area is 136 Å². The first-order valence-electron chi connectivity index (χ1n) is 7.80. The Balaban J connectivity index is 2.03. The van der Waals surface area contributed by atoms with Gasteiger partial charge in [-0.2, -0.15) is 0 Å². The quantitative estimate of drug-likeness (QED) is 0.917. The summed E-state index contributed by atoms with van der Waals surface area (Å²) in [5.41, 5.74) is 0. The molecule has 1 aliphatic heterocycles. The summed E-state index contributed by atoms with van der Waals surface area (Å²) in [6.45, 7) is 7.34. The molecule has 1 saturated heterocycles. The number of amides is 2. The summed E-state index contributed by atoms with van der Waals surface area (Å²) < 4.78 is 0. The molecule has 1 aliphatic rings. The standard InChI is InChI=1S/C16H25N3O2S/c1-12(2)14(17-15(20)13-6-4-11-22-13)16(21)19-8-5-7-18(3)9-10-19/h4,6,11-12,14H,5,7-10H2,1-3H3,(H,17,20). The Morgan fingerprint density at radius 2 is 2.00 bits per heavy atom. The number of hydrogen-bond acceptors (Lipinski definition) is 4. The van der Waals surface area contributed by atoms with Crippen LogP contribution in [0.4, 0.5) is 0 Å². The van der Waals surface area contributed by atoms with Crippen LogP contribution in [-0.4, -0.2) is 60.9 Å². The van der Waals surface area contributed by atoms with Crippen molar-refractivity contribution in [1.29, 1.82) is 0 Å². The molecule has 2 rings (SSSR count). The van der Waals surface area contributed by atoms with Crippen LogP contribution in [0, 0.1) is 5.92 Å². The van der Waals surface area contributed by atoms with Gasteiger partial charge in [0.05, 0.1) is 4.88 Å². The second-order valence-corrected chi connectivity index (χ2v) is 7.10. The van der Waals surface area contributed by atoms with E-state index in [1.54, 1.807) is 6.07 Å². The average Bonchev–Trinajstić information content (AvgIpc) is 2.93. The Morgan fingerprint density at radius 3 is 2.64 bits per heavy atom. The summed E-state index contributed by atoms with van der Waals surface area (Å²) in [7, 11) is 2.08. The maximum atomic E-state index is 12.8. The molecule has 1 aromatic heterocycles. The minimum absolute atomic E-state index is 0.0372. The molecule has 0 bridgehead atoms. The first kappa shape index (κ1) is 17.0. The van der Waals surface area contributed by atoms with Crippen LogP contribution in [0.3, 0.4) is 0 Å². The predicted octanol–water partition coefficient (Wildman–Crippen LogP) is 1.67. The van der Waals surface area contributed by atoms with E-state index in [4.69, 9.17) is 0 Å². The summed E-state index contributed by atoms with van der Waals surface area (Å²) in [5.74, 6) is -0.0541. The van der Waals surface area contributed by atoms with E-state index >= 15 is 0 Å². The van der Waals surface area contributed by atoms with E-state index in [1.807, 2.05) is 30.2 Å². The lowest BCUT2D eigenvalue weighted by Crippen LogP contribution is -2.51. The van der Waals surface area contributed by atoms with E-state index in [2.05, 4.69) is 17.3 Å². The summed E-state index contributed by atoms with van der Waals surface area (Å²) in [6.07, 6.45) is 0.978. The lowest BCUT2D eigenvalue weighted by molar-refractivity contribution is -0.134. The smallest absolute Gasteiger partial charge is 0.262 e. The SMILES string of the molecule is CC(C)C(NC(=O)c1cccs1)C(=O)N1CCCN(C)CC1. The van der Waals surface area contributed by atoms with E-state index in [0.717, 1.165) is 32.6 Å². The van der Waals surface area contributed by atoms with Crippen molar-refractivity contribution in [3.05, 3.63) is 22.4 Å². The lowest BCUT2D eigenvalue weighted by Gasteiger charge is -2.28. The van der Waals surface area contributed by atoms with Gasteiger partial charge in [0.2, 0.25) is 5.91 Å². The van der Waals surface area contributed by atoms with Gasteiger partial charge in [-0.15, -0.1) is 11.3 Å². The molecule has 2 heterocycles. The normalized spacial score (nSPS) is 18.1. The molecular formula is C16H25N3O2S. The van der Waals surface area contributed by atoms with Crippen LogP contribution in [0.15, 0.2) is 17.5 Å². The molecule has 0 spiro atoms. The third-order valence-corrected chi connectivity index (χ3v) is 4.86. The van der Waals surface area contributed by atoms with Crippen LogP contribution in [0.5, 0.6) is 0 Å². The van der Waals surface area contributed by atoms with Crippen LogP contribution in [0.25, 0.3) is 0 Å². The Kier molecular flexibility index (Phi) is 5.97. The van der Waals surface area contributed by atoms with Gasteiger partial charge in [-0.25, -0.2) is 0 Å². The maximum absolute atomic E-state index is 12.8. The van der Waals surface area contributed by atoms with Gasteiger partial charge in [0, 0.05) is 19.6 Å². The number of thiophene rings is 1. The molecule has 22 heavy (non-hydrogen) atoms. The molecule has 6 heteroatoms. The Bertz CT molecular complexity index is 501.